The van der Waals surface area contributed by atoms with Crippen LogP contribution in [0.1, 0.15) is 50.6 Å². The molecule has 3 aromatic heterocycles. The Hall–Kier alpha value is -2.40. The Bertz CT molecular complexity index is 946. The number of rotatable bonds is 7. The fourth-order valence-electron chi connectivity index (χ4n) is 3.52. The predicted molar refractivity (Wildman–Crippen MR) is 109 cm³/mol. The van der Waals surface area contributed by atoms with Crippen LogP contribution in [0.15, 0.2) is 24.4 Å². The zero-order valence-corrected chi connectivity index (χ0v) is 16.9. The largest absolute Gasteiger partial charge is 0.478 e. The Morgan fingerprint density at radius 1 is 1.15 bits per heavy atom. The van der Waals surface area contributed by atoms with Gasteiger partial charge in [-0.15, -0.1) is 0 Å². The van der Waals surface area contributed by atoms with E-state index in [0.29, 0.717) is 12.5 Å². The molecular weight excluding hydrogens is 338 g/mol. The maximum Gasteiger partial charge on any atom is 0.213 e. The van der Waals surface area contributed by atoms with E-state index in [9.17, 15) is 5.11 Å². The first-order valence-corrected chi connectivity index (χ1v) is 9.78. The third kappa shape index (κ3) is 3.56. The molecule has 0 aliphatic rings. The second-order valence-corrected chi connectivity index (χ2v) is 6.90. The van der Waals surface area contributed by atoms with Crippen LogP contribution in [-0.4, -0.2) is 32.9 Å². The summed E-state index contributed by atoms with van der Waals surface area (Å²) >= 11 is 0. The first-order valence-electron chi connectivity index (χ1n) is 9.78. The van der Waals surface area contributed by atoms with Crippen molar-refractivity contribution in [3.05, 3.63) is 41.2 Å². The Morgan fingerprint density at radius 3 is 2.56 bits per heavy atom. The summed E-state index contributed by atoms with van der Waals surface area (Å²) < 4.78 is 7.69. The summed E-state index contributed by atoms with van der Waals surface area (Å²) in [4.78, 5) is 9.74. The van der Waals surface area contributed by atoms with Gasteiger partial charge in [0.15, 0.2) is 0 Å². The molecule has 0 bridgehead atoms. The van der Waals surface area contributed by atoms with E-state index in [1.165, 1.54) is 5.56 Å². The smallest absolute Gasteiger partial charge is 0.213 e. The number of hydrogen-bond acceptors (Lipinski definition) is 4. The molecule has 1 N–H and O–H groups in total. The van der Waals surface area contributed by atoms with Gasteiger partial charge >= 0.3 is 0 Å². The maximum absolute atomic E-state index is 9.59. The van der Waals surface area contributed by atoms with Crippen LogP contribution >= 0.6 is 0 Å². The molecular formula is C22H29N3O2. The molecule has 3 aromatic rings. The number of aliphatic hydroxyl groups is 1. The quantitative estimate of drug-likeness (QED) is 0.669. The lowest BCUT2D eigenvalue weighted by molar-refractivity contribution is 0.241. The first-order chi connectivity index (χ1) is 13.0. The van der Waals surface area contributed by atoms with Crippen LogP contribution in [0.4, 0.5) is 0 Å². The van der Waals surface area contributed by atoms with Crippen LogP contribution in [0.25, 0.3) is 22.3 Å². The van der Waals surface area contributed by atoms with E-state index in [1.54, 1.807) is 0 Å². The molecule has 144 valence electrons. The molecule has 0 fully saturated rings. The van der Waals surface area contributed by atoms with Crippen molar-refractivity contribution >= 4 is 11.0 Å². The molecule has 0 saturated heterocycles. The molecule has 0 radical (unpaired) electrons. The number of aromatic nitrogens is 3. The highest BCUT2D eigenvalue weighted by Gasteiger charge is 2.18. The summed E-state index contributed by atoms with van der Waals surface area (Å²) in [5.41, 5.74) is 7.43. The molecule has 27 heavy (non-hydrogen) atoms. The molecule has 1 atom stereocenters. The van der Waals surface area contributed by atoms with Gasteiger partial charge in [0.25, 0.3) is 0 Å². The number of hydrogen-bond donors (Lipinski definition) is 1. The number of pyridine rings is 2. The van der Waals surface area contributed by atoms with Gasteiger partial charge in [0.1, 0.15) is 0 Å². The molecule has 0 unspecified atom stereocenters. The van der Waals surface area contributed by atoms with Crippen molar-refractivity contribution in [3.8, 4) is 17.1 Å². The minimum atomic E-state index is 0.0249. The topological polar surface area (TPSA) is 60.2 Å². The summed E-state index contributed by atoms with van der Waals surface area (Å²) in [6.45, 7) is 11.0. The average molecular weight is 367 g/mol. The molecule has 0 aliphatic carbocycles. The molecule has 0 aromatic carbocycles. The fraction of sp³-hybridized carbons (Fsp3) is 0.455. The van der Waals surface area contributed by atoms with Crippen molar-refractivity contribution < 1.29 is 9.84 Å². The molecule has 0 saturated carbocycles. The number of aliphatic hydroxyl groups excluding tert-OH is 1. The van der Waals surface area contributed by atoms with Crippen LogP contribution in [0, 0.1) is 6.92 Å². The van der Waals surface area contributed by atoms with E-state index in [1.807, 2.05) is 19.9 Å². The SMILES string of the molecule is CCOc1ccc(-c2nc3c(C)cn([C@H](C)CO)c3cc2CC)c(CC)n1. The Morgan fingerprint density at radius 2 is 1.93 bits per heavy atom. The van der Waals surface area contributed by atoms with Gasteiger partial charge in [-0.1, -0.05) is 13.8 Å². The molecule has 5 nitrogen and oxygen atoms in total. The lowest BCUT2D eigenvalue weighted by Crippen LogP contribution is -2.08. The van der Waals surface area contributed by atoms with Gasteiger partial charge in [-0.3, -0.25) is 0 Å². The molecule has 3 heterocycles. The van der Waals surface area contributed by atoms with Crippen molar-refractivity contribution in [3.63, 3.8) is 0 Å². The van der Waals surface area contributed by atoms with Crippen LogP contribution < -0.4 is 4.74 Å². The second kappa shape index (κ2) is 8.09. The summed E-state index contributed by atoms with van der Waals surface area (Å²) in [7, 11) is 0. The van der Waals surface area contributed by atoms with Crippen molar-refractivity contribution in [1.82, 2.24) is 14.5 Å². The van der Waals surface area contributed by atoms with Crippen LogP contribution in [0.5, 0.6) is 5.88 Å². The van der Waals surface area contributed by atoms with Gasteiger partial charge in [0, 0.05) is 17.8 Å². The zero-order chi connectivity index (χ0) is 19.6. The number of fused-ring (bicyclic) bond motifs is 1. The highest BCUT2D eigenvalue weighted by Crippen LogP contribution is 2.32. The van der Waals surface area contributed by atoms with Gasteiger partial charge in [0.2, 0.25) is 5.88 Å². The van der Waals surface area contributed by atoms with E-state index in [-0.39, 0.29) is 12.6 Å². The van der Waals surface area contributed by atoms with E-state index in [2.05, 4.69) is 48.7 Å². The van der Waals surface area contributed by atoms with E-state index in [0.717, 1.165) is 46.4 Å². The average Bonchev–Trinajstić information content (AvgIpc) is 3.02. The normalized spacial score (nSPS) is 12.5. The molecule has 3 rings (SSSR count). The van der Waals surface area contributed by atoms with Crippen LogP contribution in [0.3, 0.4) is 0 Å². The first kappa shape index (κ1) is 19.4. The Kier molecular flexibility index (Phi) is 5.80. The second-order valence-electron chi connectivity index (χ2n) is 6.90. The molecule has 0 amide bonds. The summed E-state index contributed by atoms with van der Waals surface area (Å²) in [5.74, 6) is 0.663. The van der Waals surface area contributed by atoms with Crippen LogP contribution in [0.2, 0.25) is 0 Å². The van der Waals surface area contributed by atoms with Gasteiger partial charge in [0.05, 0.1) is 41.7 Å². The molecule has 5 heteroatoms. The predicted octanol–water partition coefficient (Wildman–Crippen LogP) is 4.48. The maximum atomic E-state index is 9.59. The standard InChI is InChI=1S/C22H29N3O2/c1-6-16-11-19-21(14(4)12-25(19)15(5)13-26)24-22(16)17-9-10-20(27-8-3)23-18(17)7-2/h9-12,15,26H,6-8,13H2,1-5H3/t15-/m1/s1. The third-order valence-corrected chi connectivity index (χ3v) is 5.02. The lowest BCUT2D eigenvalue weighted by atomic mass is 10.0. The Labute approximate surface area is 161 Å². The minimum Gasteiger partial charge on any atom is -0.478 e. The summed E-state index contributed by atoms with van der Waals surface area (Å²) in [5, 5.41) is 9.59. The van der Waals surface area contributed by atoms with E-state index >= 15 is 0 Å². The van der Waals surface area contributed by atoms with Crippen molar-refractivity contribution in [1.29, 1.82) is 0 Å². The number of ether oxygens (including phenoxy) is 1. The van der Waals surface area contributed by atoms with Gasteiger partial charge in [-0.05, 0) is 56.9 Å². The third-order valence-electron chi connectivity index (χ3n) is 5.02. The highest BCUT2D eigenvalue weighted by molar-refractivity contribution is 5.84. The summed E-state index contributed by atoms with van der Waals surface area (Å²) in [6, 6.07) is 6.24. The van der Waals surface area contributed by atoms with Crippen molar-refractivity contribution in [2.45, 2.75) is 53.5 Å². The van der Waals surface area contributed by atoms with Gasteiger partial charge in [-0.25, -0.2) is 9.97 Å². The van der Waals surface area contributed by atoms with Gasteiger partial charge in [-0.2, -0.15) is 0 Å². The lowest BCUT2D eigenvalue weighted by Gasteiger charge is -2.15. The van der Waals surface area contributed by atoms with Crippen LogP contribution in [-0.2, 0) is 12.8 Å². The van der Waals surface area contributed by atoms with E-state index in [4.69, 9.17) is 9.72 Å². The zero-order valence-electron chi connectivity index (χ0n) is 16.9. The highest BCUT2D eigenvalue weighted by atomic mass is 16.5. The number of aryl methyl sites for hydroxylation is 3. The molecule has 0 spiro atoms. The monoisotopic (exact) mass is 367 g/mol. The summed E-state index contributed by atoms with van der Waals surface area (Å²) in [6.07, 6.45) is 3.78. The number of nitrogens with zero attached hydrogens (tertiary/aromatic N) is 3. The fourth-order valence-corrected chi connectivity index (χ4v) is 3.52. The minimum absolute atomic E-state index is 0.0249. The molecule has 0 aliphatic heterocycles. The Balaban J connectivity index is 2.21. The van der Waals surface area contributed by atoms with E-state index < -0.39 is 0 Å². The van der Waals surface area contributed by atoms with Gasteiger partial charge < -0.3 is 14.4 Å². The van der Waals surface area contributed by atoms with Crippen molar-refractivity contribution in [2.75, 3.05) is 13.2 Å². The van der Waals surface area contributed by atoms with Crippen molar-refractivity contribution in [2.24, 2.45) is 0 Å².